The van der Waals surface area contributed by atoms with Crippen molar-refractivity contribution in [3.8, 4) is 0 Å². The summed E-state index contributed by atoms with van der Waals surface area (Å²) < 4.78 is 0. The molecule has 0 aromatic carbocycles. The average Bonchev–Trinajstić information content (AvgIpc) is 2.43. The van der Waals surface area contributed by atoms with Gasteiger partial charge in [-0.1, -0.05) is 12.1 Å². The third kappa shape index (κ3) is 7.17. The highest BCUT2D eigenvalue weighted by molar-refractivity contribution is 7.07. The van der Waals surface area contributed by atoms with Gasteiger partial charge in [0.05, 0.1) is 0 Å². The average molecular weight is 143 g/mol. The Hall–Kier alpha value is -0.830. The van der Waals surface area contributed by atoms with Crippen LogP contribution in [0.4, 0.5) is 0 Å². The van der Waals surface area contributed by atoms with Crippen LogP contribution in [0.2, 0.25) is 0 Å². The number of thiophene rings is 1. The minimum atomic E-state index is 1.31. The highest BCUT2D eigenvalue weighted by atomic mass is 32.1. The molecule has 2 nitrogen and oxygen atoms in total. The van der Waals surface area contributed by atoms with Crippen LogP contribution in [0.5, 0.6) is 0 Å². The second-order valence-corrected chi connectivity index (χ2v) is 1.98. The van der Waals surface area contributed by atoms with Crippen LogP contribution in [-0.2, 0) is 0 Å². The number of rotatable bonds is 0. The van der Waals surface area contributed by atoms with Crippen LogP contribution in [0.1, 0.15) is 6.92 Å². The lowest BCUT2D eigenvalue weighted by atomic mass is 10.7. The first-order valence-corrected chi connectivity index (χ1v) is 3.45. The van der Waals surface area contributed by atoms with E-state index in [4.69, 9.17) is 5.21 Å². The van der Waals surface area contributed by atoms with E-state index in [-0.39, 0.29) is 0 Å². The second kappa shape index (κ2) is 7.17. The summed E-state index contributed by atoms with van der Waals surface area (Å²) in [6.45, 7) is 1.64. The molecule has 1 N–H and O–H groups in total. The zero-order valence-corrected chi connectivity index (χ0v) is 6.01. The third-order valence-corrected chi connectivity index (χ3v) is 1.17. The summed E-state index contributed by atoms with van der Waals surface area (Å²) in [6.07, 6.45) is 1.31. The van der Waals surface area contributed by atoms with Crippen molar-refractivity contribution in [3.05, 3.63) is 22.9 Å². The fourth-order valence-corrected chi connectivity index (χ4v) is 0.680. The molecule has 0 spiro atoms. The van der Waals surface area contributed by atoms with Crippen LogP contribution >= 0.6 is 11.3 Å². The van der Waals surface area contributed by atoms with Crippen LogP contribution in [0.25, 0.3) is 0 Å². The molecule has 1 aromatic heterocycles. The predicted octanol–water partition coefficient (Wildman–Crippen LogP) is 2.21. The third-order valence-electron chi connectivity index (χ3n) is 0.541. The van der Waals surface area contributed by atoms with E-state index in [1.165, 1.54) is 6.21 Å². The fraction of sp³-hybridized carbons (Fsp3) is 0.167. The second-order valence-electron chi connectivity index (χ2n) is 1.17. The molecule has 0 fully saturated rings. The van der Waals surface area contributed by atoms with Crippen LogP contribution in [0.3, 0.4) is 0 Å². The summed E-state index contributed by atoms with van der Waals surface area (Å²) in [5, 5.41) is 14.1. The first-order chi connectivity index (χ1) is 4.41. The van der Waals surface area contributed by atoms with Gasteiger partial charge in [0.1, 0.15) is 0 Å². The van der Waals surface area contributed by atoms with E-state index in [1.54, 1.807) is 18.3 Å². The van der Waals surface area contributed by atoms with E-state index < -0.39 is 0 Å². The van der Waals surface area contributed by atoms with Crippen molar-refractivity contribution in [1.82, 2.24) is 0 Å². The van der Waals surface area contributed by atoms with Crippen molar-refractivity contribution in [2.45, 2.75) is 6.92 Å². The Bertz CT molecular complexity index is 116. The number of hydrogen-bond acceptors (Lipinski definition) is 3. The summed E-state index contributed by atoms with van der Waals surface area (Å²) >= 11 is 1.71. The normalized spacial score (nSPS) is 8.56. The predicted molar refractivity (Wildman–Crippen MR) is 40.3 cm³/mol. The van der Waals surface area contributed by atoms with E-state index in [0.717, 1.165) is 0 Å². The number of nitrogens with zero attached hydrogens (tertiary/aromatic N) is 1. The molecular formula is C6H9NOS. The summed E-state index contributed by atoms with van der Waals surface area (Å²) in [5.41, 5.74) is 0. The van der Waals surface area contributed by atoms with Gasteiger partial charge in [0.25, 0.3) is 0 Å². The Labute approximate surface area is 58.5 Å². The van der Waals surface area contributed by atoms with Crippen LogP contribution in [0, 0.1) is 0 Å². The molecule has 0 atom stereocenters. The van der Waals surface area contributed by atoms with Gasteiger partial charge < -0.3 is 5.21 Å². The van der Waals surface area contributed by atoms with Crippen molar-refractivity contribution in [2.24, 2.45) is 5.16 Å². The Morgan fingerprint density at radius 2 is 1.89 bits per heavy atom. The molecule has 1 aromatic rings. The molecule has 0 saturated heterocycles. The van der Waals surface area contributed by atoms with Crippen molar-refractivity contribution in [3.63, 3.8) is 0 Å². The van der Waals surface area contributed by atoms with Gasteiger partial charge in [0.2, 0.25) is 0 Å². The highest BCUT2D eigenvalue weighted by Crippen LogP contribution is 1.91. The minimum Gasteiger partial charge on any atom is -0.411 e. The monoisotopic (exact) mass is 143 g/mol. The topological polar surface area (TPSA) is 32.6 Å². The summed E-state index contributed by atoms with van der Waals surface area (Å²) in [5.74, 6) is 0. The Morgan fingerprint density at radius 3 is 2.00 bits per heavy atom. The highest BCUT2D eigenvalue weighted by Gasteiger charge is 1.58. The SMILES string of the molecule is CC=NO.c1ccsc1. The molecule has 0 saturated carbocycles. The van der Waals surface area contributed by atoms with Crippen molar-refractivity contribution < 1.29 is 5.21 Å². The zero-order valence-electron chi connectivity index (χ0n) is 5.19. The van der Waals surface area contributed by atoms with Crippen LogP contribution in [0.15, 0.2) is 28.0 Å². The molecule has 0 bridgehead atoms. The van der Waals surface area contributed by atoms with Gasteiger partial charge in [0.15, 0.2) is 0 Å². The molecule has 0 aliphatic heterocycles. The first-order valence-electron chi connectivity index (χ1n) is 2.51. The van der Waals surface area contributed by atoms with Crippen molar-refractivity contribution >= 4 is 17.6 Å². The molecule has 0 unspecified atom stereocenters. The maximum absolute atomic E-state index is 7.44. The van der Waals surface area contributed by atoms with E-state index in [9.17, 15) is 0 Å². The molecule has 50 valence electrons. The van der Waals surface area contributed by atoms with E-state index in [1.807, 2.05) is 22.9 Å². The molecule has 9 heavy (non-hydrogen) atoms. The van der Waals surface area contributed by atoms with Gasteiger partial charge in [-0.15, -0.1) is 5.16 Å². The van der Waals surface area contributed by atoms with Gasteiger partial charge in [-0.2, -0.15) is 11.3 Å². The lowest BCUT2D eigenvalue weighted by Crippen LogP contribution is -1.49. The Morgan fingerprint density at radius 1 is 1.44 bits per heavy atom. The quantitative estimate of drug-likeness (QED) is 0.337. The van der Waals surface area contributed by atoms with Crippen molar-refractivity contribution in [1.29, 1.82) is 0 Å². The molecule has 0 radical (unpaired) electrons. The summed E-state index contributed by atoms with van der Waals surface area (Å²) in [4.78, 5) is 0. The standard InChI is InChI=1S/C4H4S.C2H5NO/c1-2-4-5-3-1;1-2-3-4/h1-4H;2,4H,1H3. The van der Waals surface area contributed by atoms with E-state index in [0.29, 0.717) is 0 Å². The maximum atomic E-state index is 7.44. The molecule has 0 aliphatic rings. The summed E-state index contributed by atoms with van der Waals surface area (Å²) in [6, 6.07) is 4.04. The molecule has 3 heteroatoms. The molecule has 0 aliphatic carbocycles. The minimum absolute atomic E-state index is 1.31. The zero-order chi connectivity index (χ0) is 6.95. The van der Waals surface area contributed by atoms with Crippen molar-refractivity contribution in [2.75, 3.05) is 0 Å². The maximum Gasteiger partial charge on any atom is 0.0404 e. The van der Waals surface area contributed by atoms with E-state index >= 15 is 0 Å². The van der Waals surface area contributed by atoms with Gasteiger partial charge in [-0.05, 0) is 17.7 Å². The van der Waals surface area contributed by atoms with Gasteiger partial charge in [-0.3, -0.25) is 0 Å². The lowest BCUT2D eigenvalue weighted by Gasteiger charge is -1.54. The molecule has 1 heterocycles. The largest absolute Gasteiger partial charge is 0.411 e. The first kappa shape index (κ1) is 8.17. The van der Waals surface area contributed by atoms with Gasteiger partial charge in [0, 0.05) is 6.21 Å². The van der Waals surface area contributed by atoms with Gasteiger partial charge >= 0.3 is 0 Å². The van der Waals surface area contributed by atoms with E-state index in [2.05, 4.69) is 5.16 Å². The summed E-state index contributed by atoms with van der Waals surface area (Å²) in [7, 11) is 0. The van der Waals surface area contributed by atoms with Gasteiger partial charge in [-0.25, -0.2) is 0 Å². The van der Waals surface area contributed by atoms with Crippen LogP contribution in [-0.4, -0.2) is 11.4 Å². The molecule has 0 amide bonds. The lowest BCUT2D eigenvalue weighted by molar-refractivity contribution is 0.321. The molecular weight excluding hydrogens is 134 g/mol. The molecule has 1 rings (SSSR count). The Balaban J connectivity index is 0.000000148. The Kier molecular flexibility index (Phi) is 6.51. The van der Waals surface area contributed by atoms with Crippen LogP contribution < -0.4 is 0 Å². The fourth-order valence-electron chi connectivity index (χ4n) is 0.227. The number of oxime groups is 1. The smallest absolute Gasteiger partial charge is 0.0404 e. The number of hydrogen-bond donors (Lipinski definition) is 1.